The number of hydrogen-bond acceptors (Lipinski definition) is 9. The van der Waals surface area contributed by atoms with Gasteiger partial charge in [-0.3, -0.25) is 14.4 Å². The first-order valence-corrected chi connectivity index (χ1v) is 22.0. The van der Waals surface area contributed by atoms with E-state index >= 15 is 0 Å². The molecule has 0 bridgehead atoms. The number of fused-ring (bicyclic) bond motifs is 1. The molecular weight excluding hydrogens is 765 g/mol. The molecule has 2 heterocycles. The zero-order chi connectivity index (χ0) is 41.1. The van der Waals surface area contributed by atoms with Crippen LogP contribution in [0, 0.1) is 34.0 Å². The fraction of sp³-hybridized carbons (Fsp3) is 0.579. The van der Waals surface area contributed by atoms with Gasteiger partial charge in [-0.1, -0.05) is 85.7 Å². The number of urea groups is 1. The molecule has 1 aromatic carbocycles. The molecule has 6 unspecified atom stereocenters. The Kier molecular flexibility index (Phi) is 11.2. The van der Waals surface area contributed by atoms with E-state index in [9.17, 15) is 36.0 Å². The lowest BCUT2D eigenvalue weighted by Crippen LogP contribution is -2.63. The standard InChI is InChI=1S/C38H54N6O8S3/c1-11-23-20-38(23,33(47)42-54(49,50)24-16-13-12-14-17-24)41-31(45)29-28-25(37(28,8)9)21-44(29)32(46)30(36(5,6)7)40-34(48)39-26(35(2,3)4)22-43(10)55(51,52)27-18-15-19-53-27/h11-19,23,25-26,28-30H,1,20-22H2,2-10H3,(H,41,45)(H,42,47)(H2,39,40,48)/t23?,25?,26?,28?,29?,30?,38-/m1/s1. The minimum Gasteiger partial charge on any atom is -0.339 e. The molecule has 1 aromatic heterocycles. The second-order valence-corrected chi connectivity index (χ2v) is 22.6. The number of piperidine rings is 1. The fourth-order valence-electron chi connectivity index (χ4n) is 7.61. The third kappa shape index (κ3) is 8.35. The number of likely N-dealkylation sites (N-methyl/N-ethyl adjacent to an activating group) is 1. The van der Waals surface area contributed by atoms with Crippen molar-refractivity contribution in [2.45, 2.75) is 94.6 Å². The van der Waals surface area contributed by atoms with Gasteiger partial charge in [0.15, 0.2) is 0 Å². The van der Waals surface area contributed by atoms with Crippen molar-refractivity contribution < 1.29 is 36.0 Å². The summed E-state index contributed by atoms with van der Waals surface area (Å²) in [5.74, 6) is -2.79. The molecule has 0 spiro atoms. The van der Waals surface area contributed by atoms with Crippen LogP contribution in [0.3, 0.4) is 0 Å². The van der Waals surface area contributed by atoms with E-state index < -0.39 is 84.2 Å². The molecule has 4 N–H and O–H groups in total. The van der Waals surface area contributed by atoms with Crippen molar-refractivity contribution >= 4 is 55.1 Å². The number of nitrogens with zero attached hydrogens (tertiary/aromatic N) is 2. The van der Waals surface area contributed by atoms with Crippen LogP contribution in [0.5, 0.6) is 0 Å². The SMILES string of the molecule is C=CC1C[C@]1(NC(=O)C1C2C(CN1C(=O)C(NC(=O)NC(CN(C)S(=O)(=O)c1cccs1)C(C)(C)C)C(C)(C)C)C2(C)C)C(=O)NS(=O)(=O)c1ccccc1. The Morgan fingerprint density at radius 1 is 0.982 bits per heavy atom. The molecule has 2 aromatic rings. The van der Waals surface area contributed by atoms with Crippen LogP contribution in [0.2, 0.25) is 0 Å². The Balaban J connectivity index is 1.35. The molecule has 7 atom stereocenters. The van der Waals surface area contributed by atoms with E-state index in [1.54, 1.807) is 38.3 Å². The van der Waals surface area contributed by atoms with Crippen LogP contribution in [0.4, 0.5) is 4.79 Å². The highest BCUT2D eigenvalue weighted by molar-refractivity contribution is 7.91. The van der Waals surface area contributed by atoms with Crippen molar-refractivity contribution in [3.63, 3.8) is 0 Å². The Morgan fingerprint density at radius 3 is 2.15 bits per heavy atom. The lowest BCUT2D eigenvalue weighted by atomic mass is 9.85. The average Bonchev–Trinajstić information content (AvgIpc) is 3.62. The predicted molar refractivity (Wildman–Crippen MR) is 209 cm³/mol. The van der Waals surface area contributed by atoms with Crippen LogP contribution in [0.15, 0.2) is 69.6 Å². The maximum Gasteiger partial charge on any atom is 0.315 e. The summed E-state index contributed by atoms with van der Waals surface area (Å²) in [5.41, 5.74) is -3.28. The summed E-state index contributed by atoms with van der Waals surface area (Å²) >= 11 is 1.10. The van der Waals surface area contributed by atoms with E-state index in [0.29, 0.717) is 0 Å². The van der Waals surface area contributed by atoms with E-state index in [4.69, 9.17) is 0 Å². The molecule has 3 fully saturated rings. The molecule has 5 rings (SSSR count). The van der Waals surface area contributed by atoms with Crippen LogP contribution in [0.1, 0.15) is 61.8 Å². The Labute approximate surface area is 329 Å². The van der Waals surface area contributed by atoms with Gasteiger partial charge in [-0.15, -0.1) is 17.9 Å². The minimum atomic E-state index is -4.24. The van der Waals surface area contributed by atoms with Crippen LogP contribution in [0.25, 0.3) is 0 Å². The quantitative estimate of drug-likeness (QED) is 0.221. The van der Waals surface area contributed by atoms with Crippen molar-refractivity contribution in [2.24, 2.45) is 34.0 Å². The molecule has 0 radical (unpaired) electrons. The first-order valence-electron chi connectivity index (χ1n) is 18.2. The van der Waals surface area contributed by atoms with Gasteiger partial charge in [0.2, 0.25) is 11.8 Å². The van der Waals surface area contributed by atoms with Gasteiger partial charge in [-0.05, 0) is 58.1 Å². The summed E-state index contributed by atoms with van der Waals surface area (Å²) in [6.07, 6.45) is 1.62. The van der Waals surface area contributed by atoms with Crippen molar-refractivity contribution in [3.05, 3.63) is 60.5 Å². The molecule has 2 aliphatic carbocycles. The number of likely N-dealkylation sites (tertiary alicyclic amines) is 1. The van der Waals surface area contributed by atoms with Gasteiger partial charge in [-0.25, -0.2) is 26.4 Å². The lowest BCUT2D eigenvalue weighted by molar-refractivity contribution is -0.144. The maximum atomic E-state index is 14.6. The average molecular weight is 819 g/mol. The molecular formula is C38H54N6O8S3. The fourth-order valence-corrected chi connectivity index (χ4v) is 11.1. The first-order chi connectivity index (χ1) is 25.3. The number of thiophene rings is 1. The highest BCUT2D eigenvalue weighted by Gasteiger charge is 2.71. The zero-order valence-corrected chi connectivity index (χ0v) is 35.3. The number of carbonyl (C=O) groups is 4. The zero-order valence-electron chi connectivity index (χ0n) is 32.9. The smallest absolute Gasteiger partial charge is 0.315 e. The molecule has 2 saturated carbocycles. The number of nitrogens with one attached hydrogen (secondary N) is 4. The van der Waals surface area contributed by atoms with Gasteiger partial charge in [0.1, 0.15) is 21.8 Å². The lowest BCUT2D eigenvalue weighted by Gasteiger charge is -2.39. The monoisotopic (exact) mass is 818 g/mol. The molecule has 14 nitrogen and oxygen atoms in total. The van der Waals surface area contributed by atoms with Crippen LogP contribution < -0.4 is 20.7 Å². The van der Waals surface area contributed by atoms with Crippen LogP contribution >= 0.6 is 11.3 Å². The van der Waals surface area contributed by atoms with Gasteiger partial charge < -0.3 is 20.9 Å². The van der Waals surface area contributed by atoms with E-state index in [2.05, 4.69) is 27.3 Å². The Bertz CT molecular complexity index is 2040. The number of rotatable bonds is 13. The summed E-state index contributed by atoms with van der Waals surface area (Å²) in [6, 6.07) is 7.16. The van der Waals surface area contributed by atoms with Crippen molar-refractivity contribution in [1.29, 1.82) is 0 Å². The van der Waals surface area contributed by atoms with Gasteiger partial charge in [0.05, 0.1) is 4.90 Å². The molecule has 1 aliphatic heterocycles. The summed E-state index contributed by atoms with van der Waals surface area (Å²) in [7, 11) is -6.59. The number of carbonyl (C=O) groups excluding carboxylic acids is 4. The second kappa shape index (κ2) is 14.6. The Hall–Kier alpha value is -3.80. The number of benzene rings is 1. The highest BCUT2D eigenvalue weighted by Crippen LogP contribution is 2.65. The van der Waals surface area contributed by atoms with Gasteiger partial charge in [0, 0.05) is 32.1 Å². The van der Waals surface area contributed by atoms with Crippen molar-refractivity contribution in [2.75, 3.05) is 20.1 Å². The molecule has 1 saturated heterocycles. The number of hydrogen-bond donors (Lipinski definition) is 4. The molecule has 3 aliphatic rings. The third-order valence-corrected chi connectivity index (χ3v) is 16.0. The molecule has 5 amide bonds. The largest absolute Gasteiger partial charge is 0.339 e. The van der Waals surface area contributed by atoms with Crippen LogP contribution in [-0.2, 0) is 34.4 Å². The number of sulfonamides is 2. The number of amides is 5. The summed E-state index contributed by atoms with van der Waals surface area (Å²) in [4.78, 5) is 57.7. The van der Waals surface area contributed by atoms with E-state index in [-0.39, 0.29) is 45.9 Å². The van der Waals surface area contributed by atoms with E-state index in [1.807, 2.05) is 34.6 Å². The summed E-state index contributed by atoms with van der Waals surface area (Å²) in [5, 5.41) is 10.3. The topological polar surface area (TPSA) is 191 Å². The summed E-state index contributed by atoms with van der Waals surface area (Å²) in [6.45, 7) is 19.0. The van der Waals surface area contributed by atoms with Gasteiger partial charge in [0.25, 0.3) is 26.0 Å². The third-order valence-electron chi connectivity index (χ3n) is 11.4. The Morgan fingerprint density at radius 2 is 1.62 bits per heavy atom. The van der Waals surface area contributed by atoms with Gasteiger partial charge >= 0.3 is 6.03 Å². The predicted octanol–water partition coefficient (Wildman–Crippen LogP) is 3.55. The van der Waals surface area contributed by atoms with Crippen molar-refractivity contribution in [3.8, 4) is 0 Å². The molecule has 17 heteroatoms. The molecule has 55 heavy (non-hydrogen) atoms. The summed E-state index contributed by atoms with van der Waals surface area (Å²) < 4.78 is 56.0. The first kappa shape index (κ1) is 42.3. The minimum absolute atomic E-state index is 0.0228. The van der Waals surface area contributed by atoms with Crippen molar-refractivity contribution in [1.82, 2.24) is 29.9 Å². The van der Waals surface area contributed by atoms with Crippen LogP contribution in [-0.4, -0.2) is 93.6 Å². The molecule has 302 valence electrons. The second-order valence-electron chi connectivity index (χ2n) is 17.7. The normalized spacial score (nSPS) is 25.6. The highest BCUT2D eigenvalue weighted by atomic mass is 32.2. The van der Waals surface area contributed by atoms with E-state index in [0.717, 1.165) is 11.3 Å². The van der Waals surface area contributed by atoms with E-state index in [1.165, 1.54) is 52.7 Å². The maximum absolute atomic E-state index is 14.6. The van der Waals surface area contributed by atoms with Gasteiger partial charge in [-0.2, -0.15) is 4.31 Å².